The van der Waals surface area contributed by atoms with E-state index in [1.807, 2.05) is 0 Å². The van der Waals surface area contributed by atoms with Gasteiger partial charge in [-0.1, -0.05) is 18.5 Å². The summed E-state index contributed by atoms with van der Waals surface area (Å²) >= 11 is 5.57. The zero-order chi connectivity index (χ0) is 13.6. The summed E-state index contributed by atoms with van der Waals surface area (Å²) in [7, 11) is 0. The second kappa shape index (κ2) is 6.92. The first kappa shape index (κ1) is 15.2. The van der Waals surface area contributed by atoms with Crippen LogP contribution in [-0.4, -0.2) is 30.4 Å². The van der Waals surface area contributed by atoms with E-state index in [1.165, 1.54) is 12.1 Å². The number of halogens is 2. The summed E-state index contributed by atoms with van der Waals surface area (Å²) in [5.74, 6) is -0.175. The van der Waals surface area contributed by atoms with E-state index in [1.54, 1.807) is 13.0 Å². The summed E-state index contributed by atoms with van der Waals surface area (Å²) in [5.41, 5.74) is -0.995. The van der Waals surface area contributed by atoms with Gasteiger partial charge in [0.05, 0.1) is 5.02 Å². The molecular formula is C13H19ClFNO2. The van der Waals surface area contributed by atoms with Gasteiger partial charge < -0.3 is 15.2 Å². The highest BCUT2D eigenvalue weighted by atomic mass is 35.5. The van der Waals surface area contributed by atoms with Crippen molar-refractivity contribution in [2.75, 3.05) is 19.7 Å². The van der Waals surface area contributed by atoms with E-state index < -0.39 is 11.4 Å². The van der Waals surface area contributed by atoms with Crippen molar-refractivity contribution in [2.45, 2.75) is 25.9 Å². The van der Waals surface area contributed by atoms with Gasteiger partial charge in [-0.3, -0.25) is 0 Å². The monoisotopic (exact) mass is 275 g/mol. The van der Waals surface area contributed by atoms with Crippen molar-refractivity contribution in [3.05, 3.63) is 29.0 Å². The highest BCUT2D eigenvalue weighted by molar-refractivity contribution is 6.30. The first-order chi connectivity index (χ1) is 8.44. The third-order valence-corrected chi connectivity index (χ3v) is 2.68. The molecule has 1 atom stereocenters. The van der Waals surface area contributed by atoms with Crippen molar-refractivity contribution in [1.29, 1.82) is 0 Å². The molecule has 1 aromatic rings. The van der Waals surface area contributed by atoms with E-state index in [0.717, 1.165) is 13.0 Å². The molecule has 0 aromatic heterocycles. The zero-order valence-corrected chi connectivity index (χ0v) is 11.4. The highest BCUT2D eigenvalue weighted by Gasteiger charge is 2.20. The molecule has 0 aliphatic carbocycles. The molecule has 0 saturated heterocycles. The number of aliphatic hydroxyl groups is 1. The second-order valence-electron chi connectivity index (χ2n) is 4.54. The van der Waals surface area contributed by atoms with E-state index in [9.17, 15) is 9.50 Å². The Labute approximate surface area is 112 Å². The van der Waals surface area contributed by atoms with Gasteiger partial charge in [0.1, 0.15) is 23.8 Å². The van der Waals surface area contributed by atoms with Gasteiger partial charge in [0.25, 0.3) is 0 Å². The van der Waals surface area contributed by atoms with Crippen LogP contribution in [0.15, 0.2) is 18.2 Å². The molecule has 1 unspecified atom stereocenters. The number of hydrogen-bond donors (Lipinski definition) is 2. The third-order valence-electron chi connectivity index (χ3n) is 2.37. The molecule has 18 heavy (non-hydrogen) atoms. The van der Waals surface area contributed by atoms with Crippen LogP contribution in [0.3, 0.4) is 0 Å². The smallest absolute Gasteiger partial charge is 0.145 e. The Hall–Kier alpha value is -0.840. The van der Waals surface area contributed by atoms with Gasteiger partial charge in [-0.25, -0.2) is 4.39 Å². The maximum Gasteiger partial charge on any atom is 0.145 e. The molecule has 1 aromatic carbocycles. The predicted octanol–water partition coefficient (Wildman–Crippen LogP) is 2.61. The molecule has 0 bridgehead atoms. The number of benzene rings is 1. The Morgan fingerprint density at radius 1 is 1.50 bits per heavy atom. The first-order valence-electron chi connectivity index (χ1n) is 5.95. The van der Waals surface area contributed by atoms with Crippen molar-refractivity contribution in [2.24, 2.45) is 0 Å². The van der Waals surface area contributed by atoms with Crippen molar-refractivity contribution in [1.82, 2.24) is 5.32 Å². The summed E-state index contributed by atoms with van der Waals surface area (Å²) in [6, 6.07) is 4.20. The van der Waals surface area contributed by atoms with Gasteiger partial charge >= 0.3 is 0 Å². The molecule has 102 valence electrons. The fourth-order valence-electron chi connectivity index (χ4n) is 1.39. The lowest BCUT2D eigenvalue weighted by molar-refractivity contribution is 0.0124. The molecule has 0 heterocycles. The van der Waals surface area contributed by atoms with E-state index in [-0.39, 0.29) is 11.6 Å². The number of nitrogens with one attached hydrogen (secondary N) is 1. The number of rotatable bonds is 7. The summed E-state index contributed by atoms with van der Waals surface area (Å²) in [4.78, 5) is 0. The Kier molecular flexibility index (Phi) is 5.85. The number of ether oxygens (including phenoxy) is 1. The Morgan fingerprint density at radius 2 is 2.22 bits per heavy atom. The van der Waals surface area contributed by atoms with Crippen LogP contribution in [-0.2, 0) is 0 Å². The molecular weight excluding hydrogens is 257 g/mol. The summed E-state index contributed by atoms with van der Waals surface area (Å²) in [5, 5.41) is 13.2. The van der Waals surface area contributed by atoms with Crippen molar-refractivity contribution in [3.8, 4) is 5.75 Å². The maximum atomic E-state index is 13.2. The SMILES string of the molecule is CCCNCC(C)(O)COc1ccc(Cl)c(F)c1. The lowest BCUT2D eigenvalue weighted by atomic mass is 10.1. The van der Waals surface area contributed by atoms with Crippen LogP contribution in [0.25, 0.3) is 0 Å². The molecule has 3 nitrogen and oxygen atoms in total. The third kappa shape index (κ3) is 5.21. The van der Waals surface area contributed by atoms with Crippen LogP contribution >= 0.6 is 11.6 Å². The topological polar surface area (TPSA) is 41.5 Å². The summed E-state index contributed by atoms with van der Waals surface area (Å²) in [6.45, 7) is 5.07. The van der Waals surface area contributed by atoms with E-state index in [2.05, 4.69) is 12.2 Å². The Balaban J connectivity index is 2.45. The fraction of sp³-hybridized carbons (Fsp3) is 0.538. The van der Waals surface area contributed by atoms with Crippen LogP contribution < -0.4 is 10.1 Å². The second-order valence-corrected chi connectivity index (χ2v) is 4.95. The van der Waals surface area contributed by atoms with Gasteiger partial charge in [0, 0.05) is 12.6 Å². The average Bonchev–Trinajstić information content (AvgIpc) is 2.31. The predicted molar refractivity (Wildman–Crippen MR) is 70.7 cm³/mol. The van der Waals surface area contributed by atoms with Gasteiger partial charge in [-0.15, -0.1) is 0 Å². The van der Waals surface area contributed by atoms with E-state index >= 15 is 0 Å². The minimum Gasteiger partial charge on any atom is -0.490 e. The quantitative estimate of drug-likeness (QED) is 0.752. The lowest BCUT2D eigenvalue weighted by Gasteiger charge is -2.23. The molecule has 1 rings (SSSR count). The van der Waals surface area contributed by atoms with Gasteiger partial charge in [-0.2, -0.15) is 0 Å². The Bertz CT molecular complexity index is 385. The maximum absolute atomic E-state index is 13.2. The van der Waals surface area contributed by atoms with Crippen LogP contribution in [0.5, 0.6) is 5.75 Å². The van der Waals surface area contributed by atoms with Gasteiger partial charge in [-0.05, 0) is 32.0 Å². The average molecular weight is 276 g/mol. The molecule has 0 amide bonds. The minimum absolute atomic E-state index is 0.0544. The Morgan fingerprint density at radius 3 is 2.83 bits per heavy atom. The lowest BCUT2D eigenvalue weighted by Crippen LogP contribution is -2.43. The molecule has 0 fully saturated rings. The molecule has 0 aliphatic rings. The van der Waals surface area contributed by atoms with Crippen LogP contribution in [0.2, 0.25) is 5.02 Å². The van der Waals surface area contributed by atoms with Crippen molar-refractivity contribution < 1.29 is 14.2 Å². The first-order valence-corrected chi connectivity index (χ1v) is 6.33. The zero-order valence-electron chi connectivity index (χ0n) is 10.7. The molecule has 2 N–H and O–H groups in total. The van der Waals surface area contributed by atoms with Crippen LogP contribution in [0.1, 0.15) is 20.3 Å². The van der Waals surface area contributed by atoms with Crippen LogP contribution in [0, 0.1) is 5.82 Å². The fourth-order valence-corrected chi connectivity index (χ4v) is 1.51. The molecule has 0 spiro atoms. The highest BCUT2D eigenvalue weighted by Crippen LogP contribution is 2.21. The summed E-state index contributed by atoms with van der Waals surface area (Å²) < 4.78 is 18.5. The number of hydrogen-bond acceptors (Lipinski definition) is 3. The molecule has 5 heteroatoms. The normalized spacial score (nSPS) is 14.3. The van der Waals surface area contributed by atoms with Crippen molar-refractivity contribution in [3.63, 3.8) is 0 Å². The standard InChI is InChI=1S/C13H19ClFNO2/c1-3-6-16-8-13(2,17)9-18-10-4-5-11(14)12(15)7-10/h4-5,7,16-17H,3,6,8-9H2,1-2H3. The van der Waals surface area contributed by atoms with Gasteiger partial charge in [0.15, 0.2) is 0 Å². The van der Waals surface area contributed by atoms with E-state index in [0.29, 0.717) is 12.3 Å². The van der Waals surface area contributed by atoms with Crippen LogP contribution in [0.4, 0.5) is 4.39 Å². The van der Waals surface area contributed by atoms with Crippen molar-refractivity contribution >= 4 is 11.6 Å². The molecule has 0 aliphatic heterocycles. The molecule has 0 radical (unpaired) electrons. The minimum atomic E-state index is -0.995. The van der Waals surface area contributed by atoms with Gasteiger partial charge in [0.2, 0.25) is 0 Å². The molecule has 0 saturated carbocycles. The summed E-state index contributed by atoms with van der Waals surface area (Å²) in [6.07, 6.45) is 0.999. The van der Waals surface area contributed by atoms with E-state index in [4.69, 9.17) is 16.3 Å². The largest absolute Gasteiger partial charge is 0.490 e.